The number of ether oxygens (including phenoxy) is 1. The second-order valence-corrected chi connectivity index (χ2v) is 8.67. The van der Waals surface area contributed by atoms with E-state index in [1.165, 1.54) is 24.5 Å². The van der Waals surface area contributed by atoms with Gasteiger partial charge >= 0.3 is 0 Å². The zero-order chi connectivity index (χ0) is 23.3. The predicted molar refractivity (Wildman–Crippen MR) is 128 cm³/mol. The fourth-order valence-electron chi connectivity index (χ4n) is 3.66. The van der Waals surface area contributed by atoms with E-state index in [2.05, 4.69) is 10.3 Å². The quantitative estimate of drug-likeness (QED) is 0.328. The van der Waals surface area contributed by atoms with Gasteiger partial charge in [0, 0.05) is 10.7 Å². The summed E-state index contributed by atoms with van der Waals surface area (Å²) in [5, 5.41) is 23.2. The Hall–Kier alpha value is -3.97. The number of nitrogens with one attached hydrogen (secondary N) is 1. The number of nitrogens with zero attached hydrogens (tertiary/aromatic N) is 1. The molecule has 1 aliphatic heterocycles. The van der Waals surface area contributed by atoms with E-state index in [0.29, 0.717) is 33.4 Å². The highest BCUT2D eigenvalue weighted by Gasteiger charge is 2.29. The van der Waals surface area contributed by atoms with Gasteiger partial charge in [-0.1, -0.05) is 23.7 Å². The molecule has 0 radical (unpaired) electrons. The van der Waals surface area contributed by atoms with Crippen molar-refractivity contribution in [1.29, 1.82) is 0 Å². The Labute approximate surface area is 193 Å². The van der Waals surface area contributed by atoms with Crippen LogP contribution < -0.4 is 15.5 Å². The molecule has 0 bridgehead atoms. The van der Waals surface area contributed by atoms with Crippen molar-refractivity contribution in [3.05, 3.63) is 75.6 Å². The number of aromatic nitrogens is 1. The number of aromatic hydroxyl groups is 2. The molecule has 3 N–H and O–H groups in total. The van der Waals surface area contributed by atoms with Crippen molar-refractivity contribution in [2.24, 2.45) is 0 Å². The van der Waals surface area contributed by atoms with E-state index in [1.54, 1.807) is 18.2 Å². The highest BCUT2D eigenvalue weighted by molar-refractivity contribution is 6.30. The number of anilines is 2. The fourth-order valence-corrected chi connectivity index (χ4v) is 3.85. The maximum atomic E-state index is 13.4. The van der Waals surface area contributed by atoms with Crippen LogP contribution in [0.5, 0.6) is 17.2 Å². The van der Waals surface area contributed by atoms with Crippen LogP contribution in [0.3, 0.4) is 0 Å². The molecule has 7 nitrogen and oxygen atoms in total. The molecule has 0 spiro atoms. The van der Waals surface area contributed by atoms with Gasteiger partial charge in [0.15, 0.2) is 34.2 Å². The highest BCUT2D eigenvalue weighted by Crippen LogP contribution is 2.41. The summed E-state index contributed by atoms with van der Waals surface area (Å²) >= 11 is 6.13. The molecule has 0 saturated heterocycles. The van der Waals surface area contributed by atoms with Crippen LogP contribution in [0.2, 0.25) is 5.02 Å². The fraction of sp³-hybridized carbons (Fsp3) is 0.120. The van der Waals surface area contributed by atoms with E-state index in [9.17, 15) is 15.0 Å². The summed E-state index contributed by atoms with van der Waals surface area (Å²) in [4.78, 5) is 18.0. The van der Waals surface area contributed by atoms with Gasteiger partial charge in [-0.15, -0.1) is 0 Å². The monoisotopic (exact) mass is 462 g/mol. The number of hydrogen-bond acceptors (Lipinski definition) is 7. The number of hydrogen-bond donors (Lipinski definition) is 3. The Morgan fingerprint density at radius 2 is 1.91 bits per heavy atom. The SMILES string of the molecule is CC1(C)C=Cc2c(c(Nc3cccc(Cl)c3)nc3c(=O)c(-c4ccc(O)c(O)c4)coc23)O1. The van der Waals surface area contributed by atoms with Gasteiger partial charge in [-0.25, -0.2) is 4.98 Å². The molecule has 0 saturated carbocycles. The zero-order valence-electron chi connectivity index (χ0n) is 17.7. The van der Waals surface area contributed by atoms with Crippen LogP contribution in [0.25, 0.3) is 28.3 Å². The molecule has 0 fully saturated rings. The Morgan fingerprint density at radius 3 is 2.67 bits per heavy atom. The Bertz CT molecular complexity index is 1510. The minimum atomic E-state index is -0.586. The van der Waals surface area contributed by atoms with E-state index in [-0.39, 0.29) is 28.2 Å². The Kier molecular flexibility index (Phi) is 4.79. The first kappa shape index (κ1) is 20.9. The van der Waals surface area contributed by atoms with Gasteiger partial charge in [0.1, 0.15) is 11.9 Å². The largest absolute Gasteiger partial charge is 0.504 e. The van der Waals surface area contributed by atoms with Crippen molar-refractivity contribution < 1.29 is 19.4 Å². The molecular formula is C25H19ClN2O5. The number of phenolic OH excluding ortho intramolecular Hbond substituents is 2. The lowest BCUT2D eigenvalue weighted by Gasteiger charge is -2.29. The Balaban J connectivity index is 1.74. The number of halogens is 1. The maximum Gasteiger partial charge on any atom is 0.219 e. The lowest BCUT2D eigenvalue weighted by atomic mass is 10.0. The van der Waals surface area contributed by atoms with Crippen molar-refractivity contribution in [3.8, 4) is 28.4 Å². The first-order chi connectivity index (χ1) is 15.7. The minimum absolute atomic E-state index is 0.0938. The van der Waals surface area contributed by atoms with Gasteiger partial charge in [-0.3, -0.25) is 4.79 Å². The third-order valence-electron chi connectivity index (χ3n) is 5.29. The zero-order valence-corrected chi connectivity index (χ0v) is 18.5. The molecule has 8 heteroatoms. The summed E-state index contributed by atoms with van der Waals surface area (Å²) in [5.74, 6) is 0.171. The maximum absolute atomic E-state index is 13.4. The van der Waals surface area contributed by atoms with E-state index < -0.39 is 11.0 Å². The van der Waals surface area contributed by atoms with Crippen molar-refractivity contribution in [2.45, 2.75) is 19.4 Å². The lowest BCUT2D eigenvalue weighted by Crippen LogP contribution is -2.28. The normalized spacial score (nSPS) is 14.0. The lowest BCUT2D eigenvalue weighted by molar-refractivity contribution is 0.159. The van der Waals surface area contributed by atoms with Crippen LogP contribution in [0.1, 0.15) is 19.4 Å². The summed E-state index contributed by atoms with van der Waals surface area (Å²) in [5.41, 5.74) is 1.24. The van der Waals surface area contributed by atoms with Crippen molar-refractivity contribution in [3.63, 3.8) is 0 Å². The van der Waals surface area contributed by atoms with Gasteiger partial charge in [0.25, 0.3) is 0 Å². The van der Waals surface area contributed by atoms with Gasteiger partial charge in [0.2, 0.25) is 5.43 Å². The minimum Gasteiger partial charge on any atom is -0.504 e. The third-order valence-corrected chi connectivity index (χ3v) is 5.52. The van der Waals surface area contributed by atoms with Gasteiger partial charge in [0.05, 0.1) is 11.1 Å². The van der Waals surface area contributed by atoms with E-state index in [1.807, 2.05) is 32.1 Å². The Morgan fingerprint density at radius 1 is 1.09 bits per heavy atom. The van der Waals surface area contributed by atoms with Crippen molar-refractivity contribution >= 4 is 40.3 Å². The van der Waals surface area contributed by atoms with Gasteiger partial charge in [-0.05, 0) is 61.9 Å². The van der Waals surface area contributed by atoms with E-state index in [4.69, 9.17) is 20.8 Å². The van der Waals surface area contributed by atoms with Crippen molar-refractivity contribution in [1.82, 2.24) is 4.98 Å². The predicted octanol–water partition coefficient (Wildman–Crippen LogP) is 5.85. The topological polar surface area (TPSA) is 105 Å². The molecule has 33 heavy (non-hydrogen) atoms. The summed E-state index contributed by atoms with van der Waals surface area (Å²) in [6.07, 6.45) is 5.04. The summed E-state index contributed by atoms with van der Waals surface area (Å²) in [6, 6.07) is 11.2. The van der Waals surface area contributed by atoms with Crippen molar-refractivity contribution in [2.75, 3.05) is 5.32 Å². The van der Waals surface area contributed by atoms with E-state index in [0.717, 1.165) is 0 Å². The van der Waals surface area contributed by atoms with Crippen LogP contribution in [-0.4, -0.2) is 20.8 Å². The molecule has 5 rings (SSSR count). The molecule has 0 atom stereocenters. The highest BCUT2D eigenvalue weighted by atomic mass is 35.5. The second-order valence-electron chi connectivity index (χ2n) is 8.24. The summed E-state index contributed by atoms with van der Waals surface area (Å²) in [6.45, 7) is 3.83. The first-order valence-electron chi connectivity index (χ1n) is 10.1. The molecule has 2 aromatic carbocycles. The summed E-state index contributed by atoms with van der Waals surface area (Å²) in [7, 11) is 0. The molecule has 0 amide bonds. The van der Waals surface area contributed by atoms with Crippen LogP contribution in [0, 0.1) is 0 Å². The van der Waals surface area contributed by atoms with Crippen LogP contribution in [0.4, 0.5) is 11.5 Å². The third kappa shape index (κ3) is 3.76. The molecule has 3 heterocycles. The molecule has 0 aliphatic carbocycles. The van der Waals surface area contributed by atoms with Crippen LogP contribution in [0.15, 0.2) is 64.0 Å². The number of benzene rings is 2. The average Bonchev–Trinajstić information content (AvgIpc) is 2.76. The standard InChI is InChI=1S/C25H19ClN2O5/c1-25(2)9-8-16-22-20(21(31)17(12-32-22)13-6-7-18(29)19(30)10-13)28-24(23(16)33-25)27-15-5-3-4-14(26)11-15/h3-12,29-30H,1-2H3,(H,27,28). The molecule has 2 aromatic heterocycles. The number of rotatable bonds is 3. The molecule has 0 unspecified atom stereocenters. The van der Waals surface area contributed by atoms with Crippen LogP contribution >= 0.6 is 11.6 Å². The molecule has 1 aliphatic rings. The first-order valence-corrected chi connectivity index (χ1v) is 10.5. The smallest absolute Gasteiger partial charge is 0.219 e. The van der Waals surface area contributed by atoms with Gasteiger partial charge in [-0.2, -0.15) is 0 Å². The molecule has 4 aromatic rings. The van der Waals surface area contributed by atoms with Crippen LogP contribution in [-0.2, 0) is 0 Å². The van der Waals surface area contributed by atoms with E-state index >= 15 is 0 Å². The summed E-state index contributed by atoms with van der Waals surface area (Å²) < 4.78 is 12.0. The average molecular weight is 463 g/mol. The number of phenols is 2. The second kappa shape index (κ2) is 7.56. The van der Waals surface area contributed by atoms with Gasteiger partial charge < -0.3 is 24.7 Å². The molecule has 166 valence electrons. The number of fused-ring (bicyclic) bond motifs is 3. The molecular weight excluding hydrogens is 444 g/mol. The number of pyridine rings is 1.